The lowest BCUT2D eigenvalue weighted by atomic mass is 9.83. The van der Waals surface area contributed by atoms with Crippen molar-refractivity contribution in [2.24, 2.45) is 0 Å². The summed E-state index contributed by atoms with van der Waals surface area (Å²) < 4.78 is 0. The molecular formula is C17H23NO. The number of likely N-dealkylation sites (N-methyl/N-ethyl adjacent to an activating group) is 1. The van der Waals surface area contributed by atoms with Gasteiger partial charge in [-0.2, -0.15) is 0 Å². The number of likely N-dealkylation sites (tertiary alicyclic amines) is 1. The highest BCUT2D eigenvalue weighted by Gasteiger charge is 2.23. The first-order chi connectivity index (χ1) is 9.22. The summed E-state index contributed by atoms with van der Waals surface area (Å²) in [4.78, 5) is 13.7. The molecule has 1 aliphatic heterocycles. The molecule has 0 N–H and O–H groups in total. The topological polar surface area (TPSA) is 20.3 Å². The number of hydrogen-bond donors (Lipinski definition) is 0. The van der Waals surface area contributed by atoms with E-state index in [0.29, 0.717) is 17.6 Å². The lowest BCUT2D eigenvalue weighted by Gasteiger charge is -2.22. The maximum atomic E-state index is 11.3. The molecule has 1 aromatic carbocycles. The van der Waals surface area contributed by atoms with Crippen molar-refractivity contribution in [2.75, 3.05) is 20.1 Å². The first-order valence-electron chi connectivity index (χ1n) is 7.52. The van der Waals surface area contributed by atoms with Crippen LogP contribution in [0.25, 0.3) is 0 Å². The van der Waals surface area contributed by atoms with Crippen molar-refractivity contribution in [3.63, 3.8) is 0 Å². The third-order valence-electron chi connectivity index (χ3n) is 4.81. The van der Waals surface area contributed by atoms with Crippen LogP contribution < -0.4 is 0 Å². The SMILES string of the molecule is CN1CCC(c2ccc(C3CCC(=O)CC3)cc2)C1. The maximum absolute atomic E-state index is 11.3. The molecule has 2 aliphatic rings. The Hall–Kier alpha value is -1.15. The minimum absolute atomic E-state index is 0.446. The Bertz CT molecular complexity index is 441. The fraction of sp³-hybridized carbons (Fsp3) is 0.588. The van der Waals surface area contributed by atoms with Crippen molar-refractivity contribution in [1.82, 2.24) is 4.90 Å². The Kier molecular flexibility index (Phi) is 3.69. The molecule has 2 nitrogen and oxygen atoms in total. The summed E-state index contributed by atoms with van der Waals surface area (Å²) in [6, 6.07) is 9.23. The van der Waals surface area contributed by atoms with Gasteiger partial charge in [0.25, 0.3) is 0 Å². The van der Waals surface area contributed by atoms with E-state index in [1.54, 1.807) is 0 Å². The first-order valence-corrected chi connectivity index (χ1v) is 7.52. The molecule has 19 heavy (non-hydrogen) atoms. The molecule has 2 fully saturated rings. The zero-order valence-electron chi connectivity index (χ0n) is 11.8. The normalized spacial score (nSPS) is 25.9. The van der Waals surface area contributed by atoms with Gasteiger partial charge in [0.15, 0.2) is 0 Å². The van der Waals surface area contributed by atoms with Gasteiger partial charge in [-0.1, -0.05) is 24.3 Å². The van der Waals surface area contributed by atoms with Crippen LogP contribution in [0.5, 0.6) is 0 Å². The van der Waals surface area contributed by atoms with Crippen molar-refractivity contribution in [1.29, 1.82) is 0 Å². The fourth-order valence-electron chi connectivity index (χ4n) is 3.52. The molecule has 1 aliphatic carbocycles. The van der Waals surface area contributed by atoms with E-state index in [2.05, 4.69) is 36.2 Å². The highest BCUT2D eigenvalue weighted by molar-refractivity contribution is 5.79. The van der Waals surface area contributed by atoms with Crippen LogP contribution in [0.3, 0.4) is 0 Å². The van der Waals surface area contributed by atoms with Crippen molar-refractivity contribution < 1.29 is 4.79 Å². The number of benzene rings is 1. The number of carbonyl (C=O) groups excluding carboxylic acids is 1. The lowest BCUT2D eigenvalue weighted by Crippen LogP contribution is -2.13. The summed E-state index contributed by atoms with van der Waals surface area (Å²) in [5.41, 5.74) is 2.92. The van der Waals surface area contributed by atoms with E-state index < -0.39 is 0 Å². The largest absolute Gasteiger partial charge is 0.306 e. The monoisotopic (exact) mass is 257 g/mol. The maximum Gasteiger partial charge on any atom is 0.132 e. The Labute approximate surface area is 115 Å². The predicted molar refractivity (Wildman–Crippen MR) is 77.5 cm³/mol. The molecule has 1 aromatic rings. The van der Waals surface area contributed by atoms with Gasteiger partial charge in [0.1, 0.15) is 5.78 Å². The van der Waals surface area contributed by atoms with Gasteiger partial charge in [-0.05, 0) is 55.8 Å². The summed E-state index contributed by atoms with van der Waals surface area (Å²) in [5.74, 6) is 1.77. The zero-order chi connectivity index (χ0) is 13.2. The third-order valence-corrected chi connectivity index (χ3v) is 4.81. The smallest absolute Gasteiger partial charge is 0.132 e. The average molecular weight is 257 g/mol. The summed E-state index contributed by atoms with van der Waals surface area (Å²) in [5, 5.41) is 0. The third kappa shape index (κ3) is 2.89. The van der Waals surface area contributed by atoms with Gasteiger partial charge in [0.2, 0.25) is 0 Å². The summed E-state index contributed by atoms with van der Waals surface area (Å²) in [6.45, 7) is 2.41. The van der Waals surface area contributed by atoms with Gasteiger partial charge in [-0.3, -0.25) is 4.79 Å². The first kappa shape index (κ1) is 12.9. The number of hydrogen-bond acceptors (Lipinski definition) is 2. The van der Waals surface area contributed by atoms with E-state index in [-0.39, 0.29) is 0 Å². The summed E-state index contributed by atoms with van der Waals surface area (Å²) in [6.07, 6.45) is 4.93. The van der Waals surface area contributed by atoms with E-state index in [1.165, 1.54) is 30.6 Å². The number of Topliss-reactive ketones (excluding diaryl/α,β-unsaturated/α-hetero) is 1. The standard InChI is InChI=1S/C17H23NO/c1-18-11-10-16(12-18)15-4-2-13(3-5-15)14-6-8-17(19)9-7-14/h2-5,14,16H,6-12H2,1H3. The van der Waals surface area contributed by atoms with Crippen molar-refractivity contribution in [3.8, 4) is 0 Å². The molecule has 1 saturated carbocycles. The Morgan fingerprint density at radius 3 is 2.05 bits per heavy atom. The van der Waals surface area contributed by atoms with Crippen LogP contribution >= 0.6 is 0 Å². The molecule has 1 heterocycles. The van der Waals surface area contributed by atoms with Gasteiger partial charge in [-0.25, -0.2) is 0 Å². The van der Waals surface area contributed by atoms with Crippen LogP contribution in [0.1, 0.15) is 55.1 Å². The van der Waals surface area contributed by atoms with E-state index in [9.17, 15) is 4.79 Å². The van der Waals surface area contributed by atoms with Crippen molar-refractivity contribution >= 4 is 5.78 Å². The van der Waals surface area contributed by atoms with Gasteiger partial charge in [-0.15, -0.1) is 0 Å². The fourth-order valence-corrected chi connectivity index (χ4v) is 3.52. The molecule has 0 amide bonds. The quantitative estimate of drug-likeness (QED) is 0.810. The number of rotatable bonds is 2. The molecule has 0 bridgehead atoms. The molecule has 2 heteroatoms. The van der Waals surface area contributed by atoms with Crippen molar-refractivity contribution in [2.45, 2.75) is 43.9 Å². The minimum atomic E-state index is 0.446. The molecule has 3 rings (SSSR count). The van der Waals surface area contributed by atoms with E-state index in [1.807, 2.05) is 0 Å². The summed E-state index contributed by atoms with van der Waals surface area (Å²) >= 11 is 0. The molecule has 1 unspecified atom stereocenters. The van der Waals surface area contributed by atoms with Gasteiger partial charge in [0, 0.05) is 19.4 Å². The number of nitrogens with zero attached hydrogens (tertiary/aromatic N) is 1. The van der Waals surface area contributed by atoms with Crippen LogP contribution in [-0.2, 0) is 4.79 Å². The number of carbonyl (C=O) groups is 1. The van der Waals surface area contributed by atoms with Crippen molar-refractivity contribution in [3.05, 3.63) is 35.4 Å². The summed E-state index contributed by atoms with van der Waals surface area (Å²) in [7, 11) is 2.20. The molecule has 102 valence electrons. The highest BCUT2D eigenvalue weighted by atomic mass is 16.1. The molecule has 1 atom stereocenters. The molecule has 0 aromatic heterocycles. The molecular weight excluding hydrogens is 234 g/mol. The number of ketones is 1. The molecule has 0 radical (unpaired) electrons. The minimum Gasteiger partial charge on any atom is -0.306 e. The van der Waals surface area contributed by atoms with Crippen LogP contribution in [0.2, 0.25) is 0 Å². The van der Waals surface area contributed by atoms with Crippen LogP contribution in [0.15, 0.2) is 24.3 Å². The van der Waals surface area contributed by atoms with Gasteiger partial charge in [0.05, 0.1) is 0 Å². The zero-order valence-corrected chi connectivity index (χ0v) is 11.8. The van der Waals surface area contributed by atoms with Crippen LogP contribution in [-0.4, -0.2) is 30.8 Å². The van der Waals surface area contributed by atoms with E-state index >= 15 is 0 Å². The Morgan fingerprint density at radius 2 is 1.53 bits per heavy atom. The highest BCUT2D eigenvalue weighted by Crippen LogP contribution is 2.33. The van der Waals surface area contributed by atoms with Crippen LogP contribution in [0, 0.1) is 0 Å². The van der Waals surface area contributed by atoms with E-state index in [4.69, 9.17) is 0 Å². The Morgan fingerprint density at radius 1 is 0.947 bits per heavy atom. The molecule has 1 saturated heterocycles. The second-order valence-corrected chi connectivity index (χ2v) is 6.23. The predicted octanol–water partition coefficient (Wildman–Crippen LogP) is 3.33. The Balaban J connectivity index is 1.67. The average Bonchev–Trinajstić information content (AvgIpc) is 2.87. The van der Waals surface area contributed by atoms with Gasteiger partial charge < -0.3 is 4.90 Å². The van der Waals surface area contributed by atoms with Crippen LogP contribution in [0.4, 0.5) is 0 Å². The lowest BCUT2D eigenvalue weighted by molar-refractivity contribution is -0.120. The second kappa shape index (κ2) is 5.46. The van der Waals surface area contributed by atoms with Gasteiger partial charge >= 0.3 is 0 Å². The van der Waals surface area contributed by atoms with E-state index in [0.717, 1.165) is 25.7 Å². The molecule has 0 spiro atoms. The second-order valence-electron chi connectivity index (χ2n) is 6.23.